The molecule has 3 heteroatoms. The highest BCUT2D eigenvalue weighted by Crippen LogP contribution is 2.28. The molecule has 0 bridgehead atoms. The van der Waals surface area contributed by atoms with Crippen LogP contribution in [0.2, 0.25) is 0 Å². The molecule has 2 aliphatic rings. The molecule has 0 spiro atoms. The Bertz CT molecular complexity index is 284. The first-order valence-corrected chi connectivity index (χ1v) is 8.66. The van der Waals surface area contributed by atoms with E-state index in [9.17, 15) is 0 Å². The van der Waals surface area contributed by atoms with Crippen LogP contribution in [-0.2, 0) is 0 Å². The van der Waals surface area contributed by atoms with Gasteiger partial charge in [0.25, 0.3) is 0 Å². The Morgan fingerprint density at radius 3 is 2.89 bits per heavy atom. The molecule has 2 rings (SSSR count). The number of thioether (sulfide) groups is 1. The molecular weight excluding hydrogens is 240 g/mol. The molecular formula is C15H28N2S. The second-order valence-electron chi connectivity index (χ2n) is 6.12. The van der Waals surface area contributed by atoms with E-state index in [0.717, 1.165) is 12.5 Å². The molecule has 2 nitrogen and oxygen atoms in total. The summed E-state index contributed by atoms with van der Waals surface area (Å²) in [5, 5.41) is 4.81. The van der Waals surface area contributed by atoms with Crippen LogP contribution >= 0.6 is 11.8 Å². The third kappa shape index (κ3) is 4.18. The van der Waals surface area contributed by atoms with Gasteiger partial charge in [-0.1, -0.05) is 44.4 Å². The lowest BCUT2D eigenvalue weighted by Gasteiger charge is -2.35. The van der Waals surface area contributed by atoms with Gasteiger partial charge in [0, 0.05) is 17.8 Å². The van der Waals surface area contributed by atoms with Gasteiger partial charge in [0.15, 0.2) is 5.17 Å². The van der Waals surface area contributed by atoms with Crippen molar-refractivity contribution in [1.82, 2.24) is 5.32 Å². The Hall–Kier alpha value is -0.180. The van der Waals surface area contributed by atoms with E-state index in [0.29, 0.717) is 0 Å². The number of hydrogen-bond donors (Lipinski definition) is 1. The van der Waals surface area contributed by atoms with Gasteiger partial charge < -0.3 is 5.32 Å². The van der Waals surface area contributed by atoms with Gasteiger partial charge in [-0.3, -0.25) is 4.99 Å². The zero-order valence-electron chi connectivity index (χ0n) is 12.0. The van der Waals surface area contributed by atoms with Crippen LogP contribution in [0.25, 0.3) is 0 Å². The van der Waals surface area contributed by atoms with Crippen LogP contribution in [0.4, 0.5) is 0 Å². The lowest BCUT2D eigenvalue weighted by molar-refractivity contribution is 0.389. The molecule has 1 N–H and O–H groups in total. The summed E-state index contributed by atoms with van der Waals surface area (Å²) in [6.07, 6.45) is 11.0. The van der Waals surface area contributed by atoms with Crippen LogP contribution in [0.1, 0.15) is 65.2 Å². The number of nitrogens with zero attached hydrogens (tertiary/aromatic N) is 1. The van der Waals surface area contributed by atoms with Crippen LogP contribution in [0.15, 0.2) is 4.99 Å². The van der Waals surface area contributed by atoms with Crippen molar-refractivity contribution in [2.75, 3.05) is 12.3 Å². The normalized spacial score (nSPS) is 31.8. The van der Waals surface area contributed by atoms with E-state index in [1.54, 1.807) is 0 Å². The lowest BCUT2D eigenvalue weighted by atomic mass is 9.96. The smallest absolute Gasteiger partial charge is 0.156 e. The molecule has 1 aliphatic heterocycles. The van der Waals surface area contributed by atoms with Crippen molar-refractivity contribution >= 4 is 16.9 Å². The van der Waals surface area contributed by atoms with Crippen molar-refractivity contribution < 1.29 is 0 Å². The van der Waals surface area contributed by atoms with Gasteiger partial charge in [0.1, 0.15) is 0 Å². The topological polar surface area (TPSA) is 24.4 Å². The van der Waals surface area contributed by atoms with Gasteiger partial charge in [0.2, 0.25) is 0 Å². The molecule has 1 heterocycles. The highest BCUT2D eigenvalue weighted by molar-refractivity contribution is 8.13. The largest absolute Gasteiger partial charge is 0.360 e. The number of aliphatic imine (C=N–C) groups is 1. The van der Waals surface area contributed by atoms with Crippen molar-refractivity contribution in [1.29, 1.82) is 0 Å². The van der Waals surface area contributed by atoms with Crippen molar-refractivity contribution in [2.45, 2.75) is 70.8 Å². The maximum Gasteiger partial charge on any atom is 0.156 e. The Kier molecular flexibility index (Phi) is 5.40. The number of hydrogen-bond acceptors (Lipinski definition) is 2. The number of nitrogens with one attached hydrogen (secondary N) is 1. The number of rotatable bonds is 5. The van der Waals surface area contributed by atoms with Gasteiger partial charge in [-0.15, -0.1) is 0 Å². The number of amidine groups is 1. The van der Waals surface area contributed by atoms with Gasteiger partial charge in [-0.05, 0) is 38.5 Å². The molecule has 0 radical (unpaired) electrons. The fourth-order valence-electron chi connectivity index (χ4n) is 2.94. The van der Waals surface area contributed by atoms with E-state index in [2.05, 4.69) is 19.2 Å². The average molecular weight is 268 g/mol. The first-order valence-electron chi connectivity index (χ1n) is 7.67. The predicted octanol–water partition coefficient (Wildman–Crippen LogP) is 4.21. The maximum atomic E-state index is 4.76. The molecule has 0 aromatic carbocycles. The van der Waals surface area contributed by atoms with Crippen LogP contribution in [0.3, 0.4) is 0 Å². The Balaban J connectivity index is 1.68. The molecule has 0 amide bonds. The quantitative estimate of drug-likeness (QED) is 0.755. The van der Waals surface area contributed by atoms with E-state index in [1.165, 1.54) is 62.3 Å². The van der Waals surface area contributed by atoms with Crippen molar-refractivity contribution in [3.05, 3.63) is 0 Å². The second-order valence-corrected chi connectivity index (χ2v) is 7.20. The zero-order valence-corrected chi connectivity index (χ0v) is 12.8. The average Bonchev–Trinajstić information content (AvgIpc) is 2.88. The van der Waals surface area contributed by atoms with E-state index in [1.807, 2.05) is 11.8 Å². The molecule has 1 aliphatic carbocycles. The van der Waals surface area contributed by atoms with E-state index < -0.39 is 0 Å². The van der Waals surface area contributed by atoms with Gasteiger partial charge in [0.05, 0.1) is 0 Å². The molecule has 0 aromatic heterocycles. The molecule has 1 unspecified atom stereocenters. The molecule has 1 saturated carbocycles. The highest BCUT2D eigenvalue weighted by Gasteiger charge is 2.27. The predicted molar refractivity (Wildman–Crippen MR) is 82.4 cm³/mol. The minimum absolute atomic E-state index is 0.287. The van der Waals surface area contributed by atoms with Crippen LogP contribution in [-0.4, -0.2) is 23.0 Å². The summed E-state index contributed by atoms with van der Waals surface area (Å²) in [6.45, 7) is 5.60. The van der Waals surface area contributed by atoms with E-state index in [-0.39, 0.29) is 5.54 Å². The monoisotopic (exact) mass is 268 g/mol. The van der Waals surface area contributed by atoms with Crippen molar-refractivity contribution in [2.24, 2.45) is 10.9 Å². The van der Waals surface area contributed by atoms with Crippen molar-refractivity contribution in [3.63, 3.8) is 0 Å². The SMILES string of the molecule is CCC1(C)CCSC(=NCCCC2CCCC2)N1. The minimum atomic E-state index is 0.287. The molecule has 104 valence electrons. The first-order chi connectivity index (χ1) is 8.72. The maximum absolute atomic E-state index is 4.76. The fourth-order valence-corrected chi connectivity index (χ4v) is 4.19. The molecule has 2 fully saturated rings. The summed E-state index contributed by atoms with van der Waals surface area (Å²) < 4.78 is 0. The third-order valence-electron chi connectivity index (χ3n) is 4.58. The van der Waals surface area contributed by atoms with Crippen molar-refractivity contribution in [3.8, 4) is 0 Å². The molecule has 1 atom stereocenters. The molecule has 0 aromatic rings. The van der Waals surface area contributed by atoms with Crippen LogP contribution < -0.4 is 5.32 Å². The summed E-state index contributed by atoms with van der Waals surface area (Å²) in [7, 11) is 0. The highest BCUT2D eigenvalue weighted by atomic mass is 32.2. The minimum Gasteiger partial charge on any atom is -0.360 e. The summed E-state index contributed by atoms with van der Waals surface area (Å²) in [5.41, 5.74) is 0.287. The summed E-state index contributed by atoms with van der Waals surface area (Å²) >= 11 is 1.90. The third-order valence-corrected chi connectivity index (χ3v) is 5.50. The summed E-state index contributed by atoms with van der Waals surface area (Å²) in [4.78, 5) is 4.76. The Morgan fingerprint density at radius 1 is 1.39 bits per heavy atom. The Morgan fingerprint density at radius 2 is 2.17 bits per heavy atom. The fraction of sp³-hybridized carbons (Fsp3) is 0.933. The zero-order chi connectivity index (χ0) is 12.8. The molecule has 1 saturated heterocycles. The van der Waals surface area contributed by atoms with Gasteiger partial charge in [-0.25, -0.2) is 0 Å². The molecule has 18 heavy (non-hydrogen) atoms. The van der Waals surface area contributed by atoms with Gasteiger partial charge in [-0.2, -0.15) is 0 Å². The standard InChI is InChI=1S/C15H28N2S/c1-3-15(2)10-12-18-14(17-15)16-11-6-9-13-7-4-5-8-13/h13H,3-12H2,1-2H3,(H,16,17). The first kappa shape index (κ1) is 14.2. The summed E-state index contributed by atoms with van der Waals surface area (Å²) in [5.74, 6) is 2.23. The Labute approximate surface area is 116 Å². The van der Waals surface area contributed by atoms with E-state index >= 15 is 0 Å². The second kappa shape index (κ2) is 6.83. The van der Waals surface area contributed by atoms with Crippen LogP contribution in [0.5, 0.6) is 0 Å². The van der Waals surface area contributed by atoms with E-state index in [4.69, 9.17) is 4.99 Å². The lowest BCUT2D eigenvalue weighted by Crippen LogP contribution is -2.48. The van der Waals surface area contributed by atoms with Gasteiger partial charge >= 0.3 is 0 Å². The van der Waals surface area contributed by atoms with Crippen LogP contribution in [0, 0.1) is 5.92 Å². The summed E-state index contributed by atoms with van der Waals surface area (Å²) in [6, 6.07) is 0.